The molecule has 1 aliphatic heterocycles. The molecule has 2 N–H and O–H groups in total. The van der Waals surface area contributed by atoms with Crippen LogP contribution in [0.3, 0.4) is 0 Å². The average Bonchev–Trinajstić information content (AvgIpc) is 2.97. The minimum absolute atomic E-state index is 0.155. The lowest BCUT2D eigenvalue weighted by atomic mass is 10.1. The maximum Gasteiger partial charge on any atom is 0.328 e. The number of pyridine rings is 1. The van der Waals surface area contributed by atoms with Gasteiger partial charge in [0, 0.05) is 51.3 Å². The van der Waals surface area contributed by atoms with Crippen molar-refractivity contribution in [2.45, 2.75) is 51.2 Å². The number of aliphatic hydroxyl groups is 1. The molecule has 0 unspecified atom stereocenters. The summed E-state index contributed by atoms with van der Waals surface area (Å²) in [5.41, 5.74) is 1.78. The summed E-state index contributed by atoms with van der Waals surface area (Å²) in [7, 11) is 1.71. The molecule has 7 nitrogen and oxygen atoms in total. The number of alkyl halides is 2. The second-order valence-corrected chi connectivity index (χ2v) is 9.66. The topological polar surface area (TPSA) is 75.3 Å². The third-order valence-corrected chi connectivity index (χ3v) is 6.33. The number of aryl methyl sites for hydroxylation is 2. The van der Waals surface area contributed by atoms with Gasteiger partial charge in [-0.3, -0.25) is 9.13 Å². The Bertz CT molecular complexity index is 1220. The van der Waals surface area contributed by atoms with Crippen molar-refractivity contribution in [1.82, 2.24) is 14.1 Å². The number of rotatable bonds is 6. The van der Waals surface area contributed by atoms with E-state index in [0.717, 1.165) is 11.0 Å². The van der Waals surface area contributed by atoms with E-state index in [1.54, 1.807) is 36.1 Å². The number of nitrogens with zero attached hydrogens (tertiary/aromatic N) is 4. The van der Waals surface area contributed by atoms with Gasteiger partial charge in [-0.05, 0) is 38.5 Å². The van der Waals surface area contributed by atoms with Gasteiger partial charge in [-0.25, -0.2) is 18.6 Å². The number of halogens is 3. The SMILES string of the molecule is Cn1c(=O)n(CCC(C)(C)O)c2cc(Nc3cc(N4CCC(F)(F)CC4)ncc3Cl)ccc21. The molecule has 10 heteroatoms. The summed E-state index contributed by atoms with van der Waals surface area (Å²) in [6, 6.07) is 7.31. The molecule has 4 rings (SSSR count). The van der Waals surface area contributed by atoms with Gasteiger partial charge in [-0.2, -0.15) is 0 Å². The summed E-state index contributed by atoms with van der Waals surface area (Å²) >= 11 is 6.36. The van der Waals surface area contributed by atoms with E-state index >= 15 is 0 Å². The third kappa shape index (κ3) is 5.14. The van der Waals surface area contributed by atoms with E-state index in [2.05, 4.69) is 10.3 Å². The van der Waals surface area contributed by atoms with Gasteiger partial charge in [0.2, 0.25) is 0 Å². The van der Waals surface area contributed by atoms with Gasteiger partial charge in [0.05, 0.1) is 33.5 Å². The summed E-state index contributed by atoms with van der Waals surface area (Å²) in [6.07, 6.45) is 1.53. The van der Waals surface area contributed by atoms with E-state index in [-0.39, 0.29) is 31.6 Å². The van der Waals surface area contributed by atoms with Crippen molar-refractivity contribution in [3.8, 4) is 0 Å². The highest BCUT2D eigenvalue weighted by Crippen LogP contribution is 2.33. The van der Waals surface area contributed by atoms with Crippen molar-refractivity contribution < 1.29 is 13.9 Å². The average molecular weight is 480 g/mol. The summed E-state index contributed by atoms with van der Waals surface area (Å²) in [5.74, 6) is -2.05. The first kappa shape index (κ1) is 23.5. The van der Waals surface area contributed by atoms with Crippen molar-refractivity contribution >= 4 is 39.8 Å². The third-order valence-electron chi connectivity index (χ3n) is 6.03. The zero-order chi connectivity index (χ0) is 24.0. The summed E-state index contributed by atoms with van der Waals surface area (Å²) in [5, 5.41) is 13.8. The number of anilines is 3. The lowest BCUT2D eigenvalue weighted by Crippen LogP contribution is -2.39. The Hall–Kier alpha value is -2.65. The van der Waals surface area contributed by atoms with Crippen LogP contribution in [-0.2, 0) is 13.6 Å². The van der Waals surface area contributed by atoms with Crippen molar-refractivity contribution in [3.05, 3.63) is 46.0 Å². The molecular formula is C23H28ClF2N5O2. The van der Waals surface area contributed by atoms with Gasteiger partial charge >= 0.3 is 5.69 Å². The van der Waals surface area contributed by atoms with Gasteiger partial charge < -0.3 is 15.3 Å². The first-order chi connectivity index (χ1) is 15.4. The second-order valence-electron chi connectivity index (χ2n) is 9.25. The molecule has 1 saturated heterocycles. The molecule has 1 aliphatic rings. The highest BCUT2D eigenvalue weighted by Gasteiger charge is 2.34. The van der Waals surface area contributed by atoms with Crippen LogP contribution in [0.25, 0.3) is 11.0 Å². The Labute approximate surface area is 195 Å². The largest absolute Gasteiger partial charge is 0.390 e. The minimum atomic E-state index is -2.63. The van der Waals surface area contributed by atoms with Crippen LogP contribution in [0.2, 0.25) is 5.02 Å². The molecule has 0 spiro atoms. The maximum absolute atomic E-state index is 13.5. The molecule has 0 radical (unpaired) electrons. The molecule has 33 heavy (non-hydrogen) atoms. The highest BCUT2D eigenvalue weighted by atomic mass is 35.5. The molecule has 3 heterocycles. The highest BCUT2D eigenvalue weighted by molar-refractivity contribution is 6.33. The summed E-state index contributed by atoms with van der Waals surface area (Å²) < 4.78 is 30.3. The zero-order valence-electron chi connectivity index (χ0n) is 18.9. The first-order valence-electron chi connectivity index (χ1n) is 10.9. The van der Waals surface area contributed by atoms with Crippen molar-refractivity contribution in [2.75, 3.05) is 23.3 Å². The minimum Gasteiger partial charge on any atom is -0.390 e. The van der Waals surface area contributed by atoms with E-state index in [1.165, 1.54) is 6.20 Å². The molecule has 0 saturated carbocycles. The lowest BCUT2D eigenvalue weighted by Gasteiger charge is -2.32. The fourth-order valence-corrected chi connectivity index (χ4v) is 4.16. The van der Waals surface area contributed by atoms with E-state index < -0.39 is 11.5 Å². The standard InChI is InChI=1S/C23H28ClF2N5O2/c1-22(2,33)6-11-31-19-12-15(4-5-18(19)29(3)21(31)32)28-17-13-20(27-14-16(17)24)30-9-7-23(25,26)8-10-30/h4-5,12-14,33H,6-11H2,1-3H3,(H,27,28). The predicted molar refractivity (Wildman–Crippen MR) is 127 cm³/mol. The van der Waals surface area contributed by atoms with Crippen LogP contribution in [0.15, 0.2) is 35.3 Å². The van der Waals surface area contributed by atoms with Crippen LogP contribution < -0.4 is 15.9 Å². The number of fused-ring (bicyclic) bond motifs is 1. The van der Waals surface area contributed by atoms with E-state index in [9.17, 15) is 18.7 Å². The summed E-state index contributed by atoms with van der Waals surface area (Å²) in [6.45, 7) is 4.25. The van der Waals surface area contributed by atoms with Crippen molar-refractivity contribution in [3.63, 3.8) is 0 Å². The van der Waals surface area contributed by atoms with Gasteiger partial charge in [0.1, 0.15) is 5.82 Å². The number of hydrogen-bond acceptors (Lipinski definition) is 5. The van der Waals surface area contributed by atoms with Gasteiger partial charge in [0.15, 0.2) is 0 Å². The monoisotopic (exact) mass is 479 g/mol. The fourth-order valence-electron chi connectivity index (χ4n) is 4.00. The normalized spacial score (nSPS) is 16.4. The smallest absolute Gasteiger partial charge is 0.328 e. The van der Waals surface area contributed by atoms with Crippen molar-refractivity contribution in [2.24, 2.45) is 7.05 Å². The maximum atomic E-state index is 13.5. The molecule has 178 valence electrons. The number of piperidine rings is 1. The Kier molecular flexibility index (Phi) is 6.13. The van der Waals surface area contributed by atoms with Crippen molar-refractivity contribution in [1.29, 1.82) is 0 Å². The van der Waals surface area contributed by atoms with E-state index in [1.807, 2.05) is 23.1 Å². The quantitative estimate of drug-likeness (QED) is 0.543. The lowest BCUT2D eigenvalue weighted by molar-refractivity contribution is -0.0221. The molecule has 1 aromatic carbocycles. The molecule has 0 aliphatic carbocycles. The van der Waals surface area contributed by atoms with E-state index in [0.29, 0.717) is 35.2 Å². The van der Waals surface area contributed by atoms with Crippen LogP contribution in [0.5, 0.6) is 0 Å². The Morgan fingerprint density at radius 2 is 1.91 bits per heavy atom. The number of aromatic nitrogens is 3. The van der Waals surface area contributed by atoms with Crippen LogP contribution >= 0.6 is 11.6 Å². The zero-order valence-corrected chi connectivity index (χ0v) is 19.7. The molecular weight excluding hydrogens is 452 g/mol. The molecule has 0 bridgehead atoms. The van der Waals surface area contributed by atoms with Crippen LogP contribution in [0.4, 0.5) is 26.0 Å². The van der Waals surface area contributed by atoms with Gasteiger partial charge in [-0.1, -0.05) is 11.6 Å². The molecule has 2 aromatic heterocycles. The van der Waals surface area contributed by atoms with Gasteiger partial charge in [-0.15, -0.1) is 0 Å². The second kappa shape index (κ2) is 8.61. The Morgan fingerprint density at radius 1 is 1.21 bits per heavy atom. The Morgan fingerprint density at radius 3 is 2.58 bits per heavy atom. The fraction of sp³-hybridized carbons (Fsp3) is 0.478. The first-order valence-corrected chi connectivity index (χ1v) is 11.3. The van der Waals surface area contributed by atoms with Crippen LogP contribution in [-0.4, -0.2) is 43.8 Å². The molecule has 1 fully saturated rings. The number of benzene rings is 1. The number of imidazole rings is 1. The summed E-state index contributed by atoms with van der Waals surface area (Å²) in [4.78, 5) is 18.9. The molecule has 0 amide bonds. The number of hydrogen-bond donors (Lipinski definition) is 2. The van der Waals surface area contributed by atoms with Crippen LogP contribution in [0.1, 0.15) is 33.1 Å². The van der Waals surface area contributed by atoms with Gasteiger partial charge in [0.25, 0.3) is 5.92 Å². The molecule has 3 aromatic rings. The van der Waals surface area contributed by atoms with Crippen LogP contribution in [0, 0.1) is 0 Å². The van der Waals surface area contributed by atoms with E-state index in [4.69, 9.17) is 11.6 Å². The predicted octanol–water partition coefficient (Wildman–Crippen LogP) is 4.53. The Balaban J connectivity index is 1.62. The number of nitrogens with one attached hydrogen (secondary N) is 1. The molecule has 0 atom stereocenters.